The molecule has 1 aromatic carbocycles. The first-order valence-electron chi connectivity index (χ1n) is 9.87. The van der Waals surface area contributed by atoms with Gasteiger partial charge < -0.3 is 19.9 Å². The van der Waals surface area contributed by atoms with E-state index in [1.165, 1.54) is 17.1 Å². The predicted molar refractivity (Wildman–Crippen MR) is 131 cm³/mol. The van der Waals surface area contributed by atoms with Crippen molar-refractivity contribution in [3.05, 3.63) is 35.7 Å². The van der Waals surface area contributed by atoms with Crippen LogP contribution >= 0.6 is 35.5 Å². The molecule has 2 aromatic rings. The maximum absolute atomic E-state index is 5.70. The number of nitrogens with zero attached hydrogens (tertiary/aromatic N) is 5. The van der Waals surface area contributed by atoms with Crippen molar-refractivity contribution in [2.75, 3.05) is 38.1 Å². The van der Waals surface area contributed by atoms with Crippen molar-refractivity contribution in [1.82, 2.24) is 19.6 Å². The zero-order chi connectivity index (χ0) is 19.9. The second-order valence-corrected chi connectivity index (χ2v) is 7.76. The van der Waals surface area contributed by atoms with Gasteiger partial charge in [0.15, 0.2) is 5.96 Å². The molecule has 0 unspecified atom stereocenters. The highest BCUT2D eigenvalue weighted by Gasteiger charge is 2.21. The van der Waals surface area contributed by atoms with Gasteiger partial charge >= 0.3 is 0 Å². The molecule has 7 nitrogen and oxygen atoms in total. The lowest BCUT2D eigenvalue weighted by Gasteiger charge is -2.36. The molecule has 0 bridgehead atoms. The zero-order valence-electron chi connectivity index (χ0n) is 17.6. The standard InChI is InChI=1S/C20H30N6OS.HI/c1-5-18-23-20(28-24-18)26-12-10-25(11-13-26)19(21-4)22-14-16-6-8-17(9-7-16)27-15(2)3;/h6-9,15H,5,10-14H2,1-4H3,(H,21,22);1H. The van der Waals surface area contributed by atoms with Gasteiger partial charge in [-0.1, -0.05) is 19.1 Å². The highest BCUT2D eigenvalue weighted by molar-refractivity contribution is 14.0. The van der Waals surface area contributed by atoms with Crippen LogP contribution in [0, 0.1) is 0 Å². The molecule has 3 rings (SSSR count). The lowest BCUT2D eigenvalue weighted by Crippen LogP contribution is -2.52. The molecular weight excluding hydrogens is 499 g/mol. The summed E-state index contributed by atoms with van der Waals surface area (Å²) < 4.78 is 10.1. The van der Waals surface area contributed by atoms with Crippen LogP contribution in [0.1, 0.15) is 32.2 Å². The summed E-state index contributed by atoms with van der Waals surface area (Å²) in [5.74, 6) is 2.78. The van der Waals surface area contributed by atoms with Gasteiger partial charge in [-0.15, -0.1) is 24.0 Å². The summed E-state index contributed by atoms with van der Waals surface area (Å²) in [6.45, 7) is 10.6. The SMILES string of the molecule is CCc1nsc(N2CCN(C(=NC)NCc3ccc(OC(C)C)cc3)CC2)n1.I. The Morgan fingerprint density at radius 1 is 1.21 bits per heavy atom. The second-order valence-electron chi connectivity index (χ2n) is 7.03. The van der Waals surface area contributed by atoms with Crippen LogP contribution in [-0.4, -0.2) is 59.5 Å². The number of hydrogen-bond donors (Lipinski definition) is 1. The molecule has 0 spiro atoms. The Bertz CT molecular complexity index is 772. The average molecular weight is 530 g/mol. The lowest BCUT2D eigenvalue weighted by molar-refractivity contribution is 0.242. The molecule has 160 valence electrons. The summed E-state index contributed by atoms with van der Waals surface area (Å²) in [6.07, 6.45) is 1.08. The van der Waals surface area contributed by atoms with Gasteiger partial charge in [0, 0.05) is 57.7 Å². The quantitative estimate of drug-likeness (QED) is 0.351. The van der Waals surface area contributed by atoms with Crippen LogP contribution in [0.5, 0.6) is 5.75 Å². The van der Waals surface area contributed by atoms with E-state index in [2.05, 4.69) is 48.5 Å². The number of nitrogens with one attached hydrogen (secondary N) is 1. The minimum absolute atomic E-state index is 0. The Balaban J connectivity index is 0.00000300. The predicted octanol–water partition coefficient (Wildman–Crippen LogP) is 3.40. The van der Waals surface area contributed by atoms with Gasteiger partial charge in [0.25, 0.3) is 0 Å². The van der Waals surface area contributed by atoms with Crippen LogP contribution in [0.2, 0.25) is 0 Å². The number of hydrogen-bond acceptors (Lipinski definition) is 6. The van der Waals surface area contributed by atoms with Gasteiger partial charge in [0.2, 0.25) is 5.13 Å². The average Bonchev–Trinajstić information content (AvgIpc) is 3.19. The highest BCUT2D eigenvalue weighted by atomic mass is 127. The molecule has 2 heterocycles. The van der Waals surface area contributed by atoms with E-state index in [4.69, 9.17) is 4.74 Å². The van der Waals surface area contributed by atoms with E-state index in [9.17, 15) is 0 Å². The first-order valence-corrected chi connectivity index (χ1v) is 10.6. The van der Waals surface area contributed by atoms with E-state index >= 15 is 0 Å². The molecule has 1 aliphatic rings. The number of piperazine rings is 1. The van der Waals surface area contributed by atoms with E-state index in [-0.39, 0.29) is 30.1 Å². The highest BCUT2D eigenvalue weighted by Crippen LogP contribution is 2.19. The van der Waals surface area contributed by atoms with Crippen molar-refractivity contribution in [2.45, 2.75) is 39.8 Å². The Kier molecular flexibility index (Phi) is 9.41. The van der Waals surface area contributed by atoms with Gasteiger partial charge in [-0.05, 0) is 31.5 Å². The summed E-state index contributed by atoms with van der Waals surface area (Å²) in [4.78, 5) is 13.7. The fourth-order valence-corrected chi connectivity index (χ4v) is 3.90. The van der Waals surface area contributed by atoms with Crippen LogP contribution in [-0.2, 0) is 13.0 Å². The molecule has 0 amide bonds. The third-order valence-electron chi connectivity index (χ3n) is 4.58. The number of aromatic nitrogens is 2. The second kappa shape index (κ2) is 11.5. The number of ether oxygens (including phenoxy) is 1. The molecule has 0 aliphatic carbocycles. The van der Waals surface area contributed by atoms with E-state index in [1.54, 1.807) is 0 Å². The molecule has 0 atom stereocenters. The van der Waals surface area contributed by atoms with E-state index in [0.29, 0.717) is 0 Å². The third-order valence-corrected chi connectivity index (χ3v) is 5.40. The number of rotatable bonds is 6. The van der Waals surface area contributed by atoms with E-state index in [1.807, 2.05) is 33.0 Å². The Labute approximate surface area is 194 Å². The first-order chi connectivity index (χ1) is 13.6. The largest absolute Gasteiger partial charge is 0.491 e. The maximum Gasteiger partial charge on any atom is 0.205 e. The van der Waals surface area contributed by atoms with Crippen molar-refractivity contribution in [2.24, 2.45) is 4.99 Å². The van der Waals surface area contributed by atoms with E-state index in [0.717, 1.165) is 61.8 Å². The number of anilines is 1. The minimum Gasteiger partial charge on any atom is -0.491 e. The molecule has 1 aromatic heterocycles. The zero-order valence-corrected chi connectivity index (χ0v) is 20.7. The summed E-state index contributed by atoms with van der Waals surface area (Å²) >= 11 is 1.50. The number of halogens is 1. The van der Waals surface area contributed by atoms with Crippen LogP contribution in [0.15, 0.2) is 29.3 Å². The molecule has 29 heavy (non-hydrogen) atoms. The van der Waals surface area contributed by atoms with E-state index < -0.39 is 0 Å². The Morgan fingerprint density at radius 2 is 1.90 bits per heavy atom. The van der Waals surface area contributed by atoms with Crippen molar-refractivity contribution in [3.8, 4) is 5.75 Å². The number of aryl methyl sites for hydroxylation is 1. The van der Waals surface area contributed by atoms with Gasteiger partial charge in [0.1, 0.15) is 11.6 Å². The summed E-state index contributed by atoms with van der Waals surface area (Å²) in [6, 6.07) is 8.23. The van der Waals surface area contributed by atoms with Gasteiger partial charge in [-0.2, -0.15) is 4.37 Å². The van der Waals surface area contributed by atoms with Gasteiger partial charge in [0.05, 0.1) is 6.10 Å². The molecule has 0 saturated carbocycles. The van der Waals surface area contributed by atoms with Crippen LogP contribution in [0.3, 0.4) is 0 Å². The molecule has 1 saturated heterocycles. The fraction of sp³-hybridized carbons (Fsp3) is 0.550. The summed E-state index contributed by atoms with van der Waals surface area (Å²) in [5, 5.41) is 4.51. The number of benzene rings is 1. The molecule has 1 aliphatic heterocycles. The Morgan fingerprint density at radius 3 is 2.45 bits per heavy atom. The smallest absolute Gasteiger partial charge is 0.205 e. The number of aliphatic imine (C=N–C) groups is 1. The van der Waals surface area contributed by atoms with Crippen molar-refractivity contribution >= 4 is 46.6 Å². The van der Waals surface area contributed by atoms with Crippen molar-refractivity contribution in [3.63, 3.8) is 0 Å². The third kappa shape index (κ3) is 6.70. The maximum atomic E-state index is 5.70. The van der Waals surface area contributed by atoms with Crippen LogP contribution in [0.25, 0.3) is 0 Å². The molecule has 1 N–H and O–H groups in total. The molecule has 0 radical (unpaired) electrons. The summed E-state index contributed by atoms with van der Waals surface area (Å²) in [5.41, 5.74) is 1.21. The Hall–Kier alpha value is -1.62. The lowest BCUT2D eigenvalue weighted by atomic mass is 10.2. The monoisotopic (exact) mass is 530 g/mol. The van der Waals surface area contributed by atoms with Crippen LogP contribution in [0.4, 0.5) is 5.13 Å². The first kappa shape index (κ1) is 23.7. The van der Waals surface area contributed by atoms with Gasteiger partial charge in [-0.25, -0.2) is 4.98 Å². The van der Waals surface area contributed by atoms with Crippen LogP contribution < -0.4 is 15.0 Å². The van der Waals surface area contributed by atoms with Crippen molar-refractivity contribution < 1.29 is 4.74 Å². The fourth-order valence-electron chi connectivity index (χ4n) is 3.10. The minimum atomic E-state index is 0. The number of guanidine groups is 1. The molecular formula is C20H31IN6OS. The topological polar surface area (TPSA) is 65.9 Å². The molecule has 1 fully saturated rings. The molecule has 9 heteroatoms. The normalized spacial score (nSPS) is 14.7. The summed E-state index contributed by atoms with van der Waals surface area (Å²) in [7, 11) is 1.84. The van der Waals surface area contributed by atoms with Crippen molar-refractivity contribution in [1.29, 1.82) is 0 Å². The van der Waals surface area contributed by atoms with Gasteiger partial charge in [-0.3, -0.25) is 4.99 Å².